The van der Waals surface area contributed by atoms with Crippen LogP contribution in [-0.4, -0.2) is 11.0 Å². The van der Waals surface area contributed by atoms with Gasteiger partial charge in [0.2, 0.25) is 5.88 Å². The van der Waals surface area contributed by atoms with E-state index in [2.05, 4.69) is 23.3 Å². The minimum atomic E-state index is 0.465. The number of hydrogen-bond acceptors (Lipinski definition) is 3. The number of ether oxygens (including phenoxy) is 1. The highest BCUT2D eigenvalue weighted by Gasteiger charge is 2.20. The van der Waals surface area contributed by atoms with Crippen LogP contribution in [0.15, 0.2) is 36.5 Å². The van der Waals surface area contributed by atoms with Crippen LogP contribution in [0.5, 0.6) is 11.6 Å². The summed E-state index contributed by atoms with van der Waals surface area (Å²) in [6, 6.07) is 10.6. The van der Waals surface area contributed by atoms with Crippen LogP contribution < -0.4 is 10.1 Å². The number of benzene rings is 1. The number of nitrogens with one attached hydrogen (secondary N) is 1. The molecule has 1 N–H and O–H groups in total. The molecule has 2 aromatic rings. The van der Waals surface area contributed by atoms with Gasteiger partial charge >= 0.3 is 0 Å². The molecular formula is C17H19ClN2O. The maximum atomic E-state index is 6.29. The highest BCUT2D eigenvalue weighted by Crippen LogP contribution is 2.30. The minimum absolute atomic E-state index is 0.465. The maximum Gasteiger partial charge on any atom is 0.238 e. The molecule has 1 fully saturated rings. The second-order valence-electron chi connectivity index (χ2n) is 5.35. The summed E-state index contributed by atoms with van der Waals surface area (Å²) < 4.78 is 5.86. The SMILES string of the molecule is CCc1ccccc1Oc1ncc(CNC2CC2)cc1Cl. The third-order valence-corrected chi connectivity index (χ3v) is 3.87. The van der Waals surface area contributed by atoms with E-state index >= 15 is 0 Å². The van der Waals surface area contributed by atoms with Crippen LogP contribution in [0.1, 0.15) is 30.9 Å². The number of nitrogens with zero attached hydrogens (tertiary/aromatic N) is 1. The third-order valence-electron chi connectivity index (χ3n) is 3.60. The molecular weight excluding hydrogens is 284 g/mol. The van der Waals surface area contributed by atoms with Crippen LogP contribution in [-0.2, 0) is 13.0 Å². The van der Waals surface area contributed by atoms with Crippen molar-refractivity contribution in [2.24, 2.45) is 0 Å². The lowest BCUT2D eigenvalue weighted by molar-refractivity contribution is 0.457. The Kier molecular flexibility index (Phi) is 4.42. The fourth-order valence-corrected chi connectivity index (χ4v) is 2.41. The van der Waals surface area contributed by atoms with E-state index in [0.717, 1.165) is 29.8 Å². The van der Waals surface area contributed by atoms with E-state index in [-0.39, 0.29) is 0 Å². The highest BCUT2D eigenvalue weighted by atomic mass is 35.5. The number of aromatic nitrogens is 1. The molecule has 0 saturated heterocycles. The molecule has 21 heavy (non-hydrogen) atoms. The zero-order valence-corrected chi connectivity index (χ0v) is 12.9. The molecule has 1 heterocycles. The quantitative estimate of drug-likeness (QED) is 0.862. The lowest BCUT2D eigenvalue weighted by atomic mass is 10.1. The average molecular weight is 303 g/mol. The van der Waals surface area contributed by atoms with E-state index < -0.39 is 0 Å². The number of pyridine rings is 1. The fraction of sp³-hybridized carbons (Fsp3) is 0.353. The molecule has 0 atom stereocenters. The molecule has 110 valence electrons. The van der Waals surface area contributed by atoms with Crippen LogP contribution in [0, 0.1) is 0 Å². The first-order valence-electron chi connectivity index (χ1n) is 7.40. The molecule has 1 aromatic heterocycles. The molecule has 0 bridgehead atoms. The second-order valence-corrected chi connectivity index (χ2v) is 5.76. The topological polar surface area (TPSA) is 34.1 Å². The first-order valence-corrected chi connectivity index (χ1v) is 7.77. The monoisotopic (exact) mass is 302 g/mol. The highest BCUT2D eigenvalue weighted by molar-refractivity contribution is 6.31. The Bertz CT molecular complexity index is 626. The maximum absolute atomic E-state index is 6.29. The Labute approximate surface area is 130 Å². The van der Waals surface area contributed by atoms with Gasteiger partial charge in [0.15, 0.2) is 0 Å². The Hall–Kier alpha value is -1.58. The number of aryl methyl sites for hydroxylation is 1. The number of hydrogen-bond donors (Lipinski definition) is 1. The van der Waals surface area contributed by atoms with Crippen LogP contribution in [0.4, 0.5) is 0 Å². The van der Waals surface area contributed by atoms with Gasteiger partial charge in [-0.15, -0.1) is 0 Å². The van der Waals surface area contributed by atoms with Gasteiger partial charge in [-0.25, -0.2) is 4.98 Å². The van der Waals surface area contributed by atoms with Gasteiger partial charge in [0.05, 0.1) is 0 Å². The van der Waals surface area contributed by atoms with Crippen LogP contribution in [0.3, 0.4) is 0 Å². The Morgan fingerprint density at radius 2 is 2.14 bits per heavy atom. The summed E-state index contributed by atoms with van der Waals surface area (Å²) in [6.45, 7) is 2.91. The molecule has 0 spiro atoms. The van der Waals surface area contributed by atoms with Crippen molar-refractivity contribution in [2.45, 2.75) is 38.8 Å². The van der Waals surface area contributed by atoms with Crippen LogP contribution in [0.2, 0.25) is 5.02 Å². The number of halogens is 1. The Balaban J connectivity index is 1.72. The van der Waals surface area contributed by atoms with Crippen molar-refractivity contribution in [3.8, 4) is 11.6 Å². The standard InChI is InChI=1S/C17H19ClN2O/c1-2-13-5-3-4-6-16(13)21-17-15(18)9-12(11-20-17)10-19-14-7-8-14/h3-6,9,11,14,19H,2,7-8,10H2,1H3. The summed E-state index contributed by atoms with van der Waals surface area (Å²) in [5.74, 6) is 1.28. The molecule has 1 saturated carbocycles. The molecule has 0 aliphatic heterocycles. The Morgan fingerprint density at radius 3 is 2.86 bits per heavy atom. The van der Waals surface area contributed by atoms with E-state index in [0.29, 0.717) is 16.9 Å². The van der Waals surface area contributed by atoms with Crippen molar-refractivity contribution < 1.29 is 4.74 Å². The first-order chi connectivity index (χ1) is 10.3. The minimum Gasteiger partial charge on any atom is -0.437 e. The largest absolute Gasteiger partial charge is 0.437 e. The van der Waals surface area contributed by atoms with Crippen molar-refractivity contribution in [3.05, 3.63) is 52.7 Å². The lowest BCUT2D eigenvalue weighted by Gasteiger charge is -2.11. The van der Waals surface area contributed by atoms with Crippen LogP contribution >= 0.6 is 11.6 Å². The summed E-state index contributed by atoms with van der Waals surface area (Å²) in [7, 11) is 0. The predicted octanol–water partition coefficient (Wildman–Crippen LogP) is 4.34. The van der Waals surface area contributed by atoms with Crippen molar-refractivity contribution in [3.63, 3.8) is 0 Å². The summed E-state index contributed by atoms with van der Waals surface area (Å²) in [6.07, 6.45) is 5.29. The second kappa shape index (κ2) is 6.46. The third kappa shape index (κ3) is 3.74. The molecule has 0 radical (unpaired) electrons. The number of rotatable bonds is 6. The van der Waals surface area contributed by atoms with Gasteiger partial charge in [-0.3, -0.25) is 0 Å². The number of para-hydroxylation sites is 1. The average Bonchev–Trinajstić information content (AvgIpc) is 3.32. The van der Waals surface area contributed by atoms with Gasteiger partial charge in [0, 0.05) is 18.8 Å². The molecule has 1 aliphatic rings. The first kappa shape index (κ1) is 14.4. The zero-order chi connectivity index (χ0) is 14.7. The van der Waals surface area contributed by atoms with E-state index in [1.807, 2.05) is 30.5 Å². The van der Waals surface area contributed by atoms with E-state index in [1.165, 1.54) is 12.8 Å². The summed E-state index contributed by atoms with van der Waals surface area (Å²) in [4.78, 5) is 4.35. The van der Waals surface area contributed by atoms with Gasteiger partial charge in [-0.1, -0.05) is 36.7 Å². The molecule has 4 heteroatoms. The smallest absolute Gasteiger partial charge is 0.238 e. The van der Waals surface area contributed by atoms with E-state index in [9.17, 15) is 0 Å². The van der Waals surface area contributed by atoms with Gasteiger partial charge in [-0.2, -0.15) is 0 Å². The van der Waals surface area contributed by atoms with Gasteiger partial charge < -0.3 is 10.1 Å². The van der Waals surface area contributed by atoms with Crippen molar-refractivity contribution in [2.75, 3.05) is 0 Å². The summed E-state index contributed by atoms with van der Waals surface area (Å²) in [5.41, 5.74) is 2.23. The molecule has 3 nitrogen and oxygen atoms in total. The van der Waals surface area contributed by atoms with Crippen molar-refractivity contribution in [1.29, 1.82) is 0 Å². The molecule has 3 rings (SSSR count). The van der Waals surface area contributed by atoms with Gasteiger partial charge in [0.25, 0.3) is 0 Å². The lowest BCUT2D eigenvalue weighted by Crippen LogP contribution is -2.15. The Morgan fingerprint density at radius 1 is 1.33 bits per heavy atom. The van der Waals surface area contributed by atoms with E-state index in [1.54, 1.807) is 0 Å². The van der Waals surface area contributed by atoms with Crippen molar-refractivity contribution >= 4 is 11.6 Å². The van der Waals surface area contributed by atoms with Gasteiger partial charge in [-0.05, 0) is 42.5 Å². The van der Waals surface area contributed by atoms with Crippen LogP contribution in [0.25, 0.3) is 0 Å². The zero-order valence-electron chi connectivity index (χ0n) is 12.1. The fourth-order valence-electron chi connectivity index (χ4n) is 2.19. The molecule has 0 unspecified atom stereocenters. The summed E-state index contributed by atoms with van der Waals surface area (Å²) in [5, 5.41) is 4.00. The molecule has 1 aliphatic carbocycles. The predicted molar refractivity (Wildman–Crippen MR) is 85.0 cm³/mol. The summed E-state index contributed by atoms with van der Waals surface area (Å²) >= 11 is 6.29. The van der Waals surface area contributed by atoms with Crippen molar-refractivity contribution in [1.82, 2.24) is 10.3 Å². The van der Waals surface area contributed by atoms with Gasteiger partial charge in [0.1, 0.15) is 10.8 Å². The van der Waals surface area contributed by atoms with E-state index in [4.69, 9.17) is 16.3 Å². The molecule has 1 aromatic carbocycles. The normalized spacial score (nSPS) is 14.2. The molecule has 0 amide bonds.